The molecule has 1 heterocycles. The van der Waals surface area contributed by atoms with Gasteiger partial charge in [0.1, 0.15) is 11.9 Å². The summed E-state index contributed by atoms with van der Waals surface area (Å²) in [5, 5.41) is 14.6. The lowest BCUT2D eigenvalue weighted by atomic mass is 9.95. The molecule has 1 aromatic heterocycles. The van der Waals surface area contributed by atoms with Crippen LogP contribution in [0.5, 0.6) is 5.75 Å². The number of hydrogen-bond acceptors (Lipinski definition) is 3. The Kier molecular flexibility index (Phi) is 3.73. The van der Waals surface area contributed by atoms with E-state index in [0.717, 1.165) is 33.6 Å². The summed E-state index contributed by atoms with van der Waals surface area (Å²) in [5.41, 5.74) is 5.18. The van der Waals surface area contributed by atoms with Crippen LogP contribution in [-0.4, -0.2) is 12.2 Å². The molecule has 0 spiro atoms. The van der Waals surface area contributed by atoms with Gasteiger partial charge in [-0.1, -0.05) is 0 Å². The summed E-state index contributed by atoms with van der Waals surface area (Å²) in [6.45, 7) is 6.03. The van der Waals surface area contributed by atoms with Crippen LogP contribution in [0.2, 0.25) is 0 Å². The zero-order chi connectivity index (χ0) is 13.3. The summed E-state index contributed by atoms with van der Waals surface area (Å²) in [6.07, 6.45) is -0.555. The highest BCUT2D eigenvalue weighted by molar-refractivity contribution is 7.08. The van der Waals surface area contributed by atoms with Gasteiger partial charge in [-0.05, 0) is 71.5 Å². The van der Waals surface area contributed by atoms with Crippen molar-refractivity contribution in [3.05, 3.63) is 50.7 Å². The van der Waals surface area contributed by atoms with Crippen molar-refractivity contribution in [2.75, 3.05) is 7.11 Å². The highest BCUT2D eigenvalue weighted by Gasteiger charge is 2.17. The highest BCUT2D eigenvalue weighted by atomic mass is 32.1. The number of aliphatic hydroxyl groups is 1. The Morgan fingerprint density at radius 3 is 2.28 bits per heavy atom. The highest BCUT2D eigenvalue weighted by Crippen LogP contribution is 2.32. The van der Waals surface area contributed by atoms with Crippen molar-refractivity contribution in [3.8, 4) is 5.75 Å². The molecule has 0 radical (unpaired) electrons. The maximum absolute atomic E-state index is 10.5. The van der Waals surface area contributed by atoms with Gasteiger partial charge in [-0.15, -0.1) is 0 Å². The van der Waals surface area contributed by atoms with E-state index in [1.165, 1.54) is 0 Å². The van der Waals surface area contributed by atoms with Crippen LogP contribution in [0.3, 0.4) is 0 Å². The molecule has 0 fully saturated rings. The maximum atomic E-state index is 10.5. The SMILES string of the molecule is COc1cc(C)c(C(O)c2cscc2C)cc1C. The predicted molar refractivity (Wildman–Crippen MR) is 75.6 cm³/mol. The first-order valence-electron chi connectivity index (χ1n) is 5.90. The molecule has 1 unspecified atom stereocenters. The molecular weight excluding hydrogens is 244 g/mol. The minimum absolute atomic E-state index is 0.555. The molecule has 18 heavy (non-hydrogen) atoms. The van der Waals surface area contributed by atoms with Gasteiger partial charge >= 0.3 is 0 Å². The van der Waals surface area contributed by atoms with E-state index in [1.54, 1.807) is 18.4 Å². The van der Waals surface area contributed by atoms with Gasteiger partial charge < -0.3 is 9.84 Å². The lowest BCUT2D eigenvalue weighted by Gasteiger charge is -2.16. The molecular formula is C15H18O2S. The predicted octanol–water partition coefficient (Wildman–Crippen LogP) is 3.76. The monoisotopic (exact) mass is 262 g/mol. The molecule has 0 saturated heterocycles. The lowest BCUT2D eigenvalue weighted by Crippen LogP contribution is -2.03. The average Bonchev–Trinajstić information content (AvgIpc) is 2.77. The molecule has 1 atom stereocenters. The van der Waals surface area contributed by atoms with Gasteiger partial charge in [0.05, 0.1) is 7.11 Å². The van der Waals surface area contributed by atoms with E-state index < -0.39 is 6.10 Å². The van der Waals surface area contributed by atoms with Crippen molar-refractivity contribution in [2.24, 2.45) is 0 Å². The smallest absolute Gasteiger partial charge is 0.122 e. The normalized spacial score (nSPS) is 12.5. The van der Waals surface area contributed by atoms with Gasteiger partial charge in [-0.3, -0.25) is 0 Å². The first kappa shape index (κ1) is 13.1. The zero-order valence-electron chi connectivity index (χ0n) is 11.2. The number of ether oxygens (including phenoxy) is 1. The van der Waals surface area contributed by atoms with Crippen LogP contribution >= 0.6 is 11.3 Å². The van der Waals surface area contributed by atoms with E-state index in [9.17, 15) is 5.11 Å². The summed E-state index contributed by atoms with van der Waals surface area (Å²) < 4.78 is 5.30. The van der Waals surface area contributed by atoms with Gasteiger partial charge in [0.2, 0.25) is 0 Å². The van der Waals surface area contributed by atoms with Crippen molar-refractivity contribution in [2.45, 2.75) is 26.9 Å². The molecule has 0 aliphatic carbocycles. The molecule has 1 aromatic carbocycles. The zero-order valence-corrected chi connectivity index (χ0v) is 12.0. The molecule has 0 bridgehead atoms. The number of hydrogen-bond donors (Lipinski definition) is 1. The molecule has 2 rings (SSSR count). The second-order valence-electron chi connectivity index (χ2n) is 4.59. The van der Waals surface area contributed by atoms with E-state index >= 15 is 0 Å². The first-order valence-corrected chi connectivity index (χ1v) is 6.84. The molecule has 3 heteroatoms. The van der Waals surface area contributed by atoms with Crippen molar-refractivity contribution in [3.63, 3.8) is 0 Å². The van der Waals surface area contributed by atoms with Gasteiger partial charge in [0.15, 0.2) is 0 Å². The Balaban J connectivity index is 2.46. The summed E-state index contributed by atoms with van der Waals surface area (Å²) in [5.74, 6) is 0.866. The van der Waals surface area contributed by atoms with Gasteiger partial charge in [0.25, 0.3) is 0 Å². The third kappa shape index (κ3) is 2.28. The first-order chi connectivity index (χ1) is 8.54. The summed E-state index contributed by atoms with van der Waals surface area (Å²) >= 11 is 1.62. The number of benzene rings is 1. The number of rotatable bonds is 3. The third-order valence-corrected chi connectivity index (χ3v) is 4.15. The average molecular weight is 262 g/mol. The quantitative estimate of drug-likeness (QED) is 0.912. The standard InChI is InChI=1S/C15H18O2S/c1-9-6-14(17-4)10(2)5-12(9)15(16)13-8-18-7-11(13)3/h5-8,15-16H,1-4H3. The number of aryl methyl sites for hydroxylation is 3. The largest absolute Gasteiger partial charge is 0.496 e. The van der Waals surface area contributed by atoms with Crippen LogP contribution < -0.4 is 4.74 Å². The van der Waals surface area contributed by atoms with Crippen LogP contribution in [0.1, 0.15) is 33.9 Å². The van der Waals surface area contributed by atoms with E-state index in [4.69, 9.17) is 4.74 Å². The van der Waals surface area contributed by atoms with Gasteiger partial charge in [-0.25, -0.2) is 0 Å². The number of methoxy groups -OCH3 is 1. The van der Waals surface area contributed by atoms with Crippen molar-refractivity contribution in [1.29, 1.82) is 0 Å². The minimum Gasteiger partial charge on any atom is -0.496 e. The van der Waals surface area contributed by atoms with Crippen molar-refractivity contribution in [1.82, 2.24) is 0 Å². The van der Waals surface area contributed by atoms with Crippen LogP contribution in [0.15, 0.2) is 22.9 Å². The molecule has 0 amide bonds. The van der Waals surface area contributed by atoms with Crippen molar-refractivity contribution >= 4 is 11.3 Å². The fourth-order valence-electron chi connectivity index (χ4n) is 2.14. The second kappa shape index (κ2) is 5.12. The fraction of sp³-hybridized carbons (Fsp3) is 0.333. The lowest BCUT2D eigenvalue weighted by molar-refractivity contribution is 0.219. The second-order valence-corrected chi connectivity index (χ2v) is 5.33. The molecule has 2 aromatic rings. The van der Waals surface area contributed by atoms with Gasteiger partial charge in [-0.2, -0.15) is 11.3 Å². The molecule has 1 N–H and O–H groups in total. The Labute approximate surface area is 112 Å². The third-order valence-electron chi connectivity index (χ3n) is 3.27. The number of thiophene rings is 1. The summed E-state index contributed by atoms with van der Waals surface area (Å²) in [6, 6.07) is 3.99. The van der Waals surface area contributed by atoms with E-state index in [0.29, 0.717) is 0 Å². The molecule has 0 aliphatic heterocycles. The summed E-state index contributed by atoms with van der Waals surface area (Å²) in [7, 11) is 1.67. The van der Waals surface area contributed by atoms with Crippen LogP contribution in [0, 0.1) is 20.8 Å². The topological polar surface area (TPSA) is 29.5 Å². The van der Waals surface area contributed by atoms with Gasteiger partial charge in [0, 0.05) is 0 Å². The van der Waals surface area contributed by atoms with Crippen LogP contribution in [0.25, 0.3) is 0 Å². The Morgan fingerprint density at radius 2 is 1.72 bits per heavy atom. The molecule has 2 nitrogen and oxygen atoms in total. The maximum Gasteiger partial charge on any atom is 0.122 e. The van der Waals surface area contributed by atoms with Crippen LogP contribution in [-0.2, 0) is 0 Å². The summed E-state index contributed by atoms with van der Waals surface area (Å²) in [4.78, 5) is 0. The molecule has 0 aliphatic rings. The Bertz CT molecular complexity index is 558. The Hall–Kier alpha value is -1.32. The van der Waals surface area contributed by atoms with E-state index in [2.05, 4.69) is 5.38 Å². The fourth-order valence-corrected chi connectivity index (χ4v) is 3.01. The molecule has 0 saturated carbocycles. The number of aliphatic hydroxyl groups excluding tert-OH is 1. The van der Waals surface area contributed by atoms with Crippen LogP contribution in [0.4, 0.5) is 0 Å². The van der Waals surface area contributed by atoms with Crippen molar-refractivity contribution < 1.29 is 9.84 Å². The Morgan fingerprint density at radius 1 is 1.00 bits per heavy atom. The molecule has 96 valence electrons. The van der Waals surface area contributed by atoms with E-state index in [-0.39, 0.29) is 0 Å². The van der Waals surface area contributed by atoms with E-state index in [1.807, 2.05) is 38.3 Å². The minimum atomic E-state index is -0.555.